The van der Waals surface area contributed by atoms with Crippen LogP contribution in [0.4, 0.5) is 0 Å². The van der Waals surface area contributed by atoms with Gasteiger partial charge >= 0.3 is 16.1 Å². The van der Waals surface area contributed by atoms with E-state index in [1.807, 2.05) is 12.1 Å². The summed E-state index contributed by atoms with van der Waals surface area (Å²) in [5.41, 5.74) is 0.568. The minimum Gasteiger partial charge on any atom is -0.493 e. The average molecular weight is 422 g/mol. The normalized spacial score (nSPS) is 13.5. The fourth-order valence-corrected chi connectivity index (χ4v) is 3.23. The molecule has 0 amide bonds. The molecule has 0 heterocycles. The van der Waals surface area contributed by atoms with Gasteiger partial charge < -0.3 is 18.8 Å². The monoisotopic (exact) mass is 422 g/mol. The van der Waals surface area contributed by atoms with Gasteiger partial charge in [-0.25, -0.2) is 4.79 Å². The number of benzene rings is 2. The van der Waals surface area contributed by atoms with Crippen LogP contribution in [0, 0.1) is 0 Å². The number of hydrogen-bond donors (Lipinski definition) is 1. The predicted molar refractivity (Wildman–Crippen MR) is 109 cm³/mol. The summed E-state index contributed by atoms with van der Waals surface area (Å²) < 4.78 is 38.1. The molecule has 7 nitrogen and oxygen atoms in total. The van der Waals surface area contributed by atoms with E-state index < -0.39 is 21.7 Å². The zero-order chi connectivity index (χ0) is 21.5. The summed E-state index contributed by atoms with van der Waals surface area (Å²) in [5.74, 6) is -0.0416. The van der Waals surface area contributed by atoms with E-state index in [0.29, 0.717) is 25.4 Å². The van der Waals surface area contributed by atoms with Gasteiger partial charge in [0.25, 0.3) is 0 Å². The van der Waals surface area contributed by atoms with Crippen molar-refractivity contribution in [2.24, 2.45) is 0 Å². The molecule has 0 aliphatic rings. The first-order valence-electron chi connectivity index (χ1n) is 9.19. The number of carbonyl (C=O) groups is 1. The maximum atomic E-state index is 11.5. The molecule has 0 spiro atoms. The van der Waals surface area contributed by atoms with Gasteiger partial charge in [-0.05, 0) is 49.2 Å². The van der Waals surface area contributed by atoms with E-state index in [2.05, 4.69) is 0 Å². The Morgan fingerprint density at radius 1 is 1.00 bits per heavy atom. The fourth-order valence-electron chi connectivity index (χ4n) is 2.77. The topological polar surface area (TPSA) is 99.1 Å². The van der Waals surface area contributed by atoms with Gasteiger partial charge in [0.15, 0.2) is 5.60 Å². The van der Waals surface area contributed by atoms with Crippen LogP contribution in [-0.4, -0.2) is 44.6 Å². The number of carboxylic acids is 1. The number of aliphatic carboxylic acids is 1. The number of carboxylic acid groups (broad SMARTS) is 1. The van der Waals surface area contributed by atoms with E-state index in [0.717, 1.165) is 17.4 Å². The first-order chi connectivity index (χ1) is 13.6. The molecule has 29 heavy (non-hydrogen) atoms. The summed E-state index contributed by atoms with van der Waals surface area (Å²) >= 11 is 0. The van der Waals surface area contributed by atoms with Gasteiger partial charge in [0.05, 0.1) is 12.9 Å². The minimum atomic E-state index is -3.53. The third kappa shape index (κ3) is 7.40. The molecule has 0 saturated carbocycles. The SMILES string of the molecule is CCOC(C)(Cc1ccc(OCCc2ccc(OS(C)(=O)=O)cc2)cc1)C(=O)O. The molecule has 1 N–H and O–H groups in total. The molecule has 2 aromatic rings. The molecule has 1 atom stereocenters. The van der Waals surface area contributed by atoms with E-state index >= 15 is 0 Å². The minimum absolute atomic E-state index is 0.262. The van der Waals surface area contributed by atoms with Crippen molar-refractivity contribution in [1.82, 2.24) is 0 Å². The number of rotatable bonds is 11. The molecule has 8 heteroatoms. The highest BCUT2D eigenvalue weighted by molar-refractivity contribution is 7.86. The first-order valence-corrected chi connectivity index (χ1v) is 11.0. The van der Waals surface area contributed by atoms with Gasteiger partial charge in [0, 0.05) is 19.4 Å². The third-order valence-electron chi connectivity index (χ3n) is 4.21. The quantitative estimate of drug-likeness (QED) is 0.556. The maximum Gasteiger partial charge on any atom is 0.336 e. The standard InChI is InChI=1S/C21H26O7S/c1-4-27-21(2,20(22)23)15-17-7-9-18(10-8-17)26-14-13-16-5-11-19(12-6-16)28-29(3,24)25/h5-12H,4,13-15H2,1-3H3,(H,22,23). The van der Waals surface area contributed by atoms with Crippen LogP contribution in [0.15, 0.2) is 48.5 Å². The van der Waals surface area contributed by atoms with Crippen molar-refractivity contribution >= 4 is 16.1 Å². The lowest BCUT2D eigenvalue weighted by molar-refractivity contribution is -0.162. The Hall–Kier alpha value is -2.58. The van der Waals surface area contributed by atoms with Crippen molar-refractivity contribution in [3.63, 3.8) is 0 Å². The van der Waals surface area contributed by atoms with Crippen LogP contribution < -0.4 is 8.92 Å². The van der Waals surface area contributed by atoms with Crippen LogP contribution in [0.25, 0.3) is 0 Å². The van der Waals surface area contributed by atoms with Crippen molar-refractivity contribution in [2.75, 3.05) is 19.5 Å². The second kappa shape index (κ2) is 9.76. The molecule has 158 valence electrons. The average Bonchev–Trinajstić information content (AvgIpc) is 2.63. The maximum absolute atomic E-state index is 11.5. The lowest BCUT2D eigenvalue weighted by atomic mass is 9.96. The zero-order valence-corrected chi connectivity index (χ0v) is 17.6. The second-order valence-corrected chi connectivity index (χ2v) is 8.39. The van der Waals surface area contributed by atoms with Crippen LogP contribution >= 0.6 is 0 Å². The Labute approximate surface area is 171 Å². The highest BCUT2D eigenvalue weighted by atomic mass is 32.2. The third-order valence-corrected chi connectivity index (χ3v) is 4.71. The van der Waals surface area contributed by atoms with Crippen LogP contribution in [0.5, 0.6) is 11.5 Å². The Balaban J connectivity index is 1.86. The molecule has 0 aliphatic carbocycles. The Morgan fingerprint density at radius 2 is 1.55 bits per heavy atom. The highest BCUT2D eigenvalue weighted by Gasteiger charge is 2.33. The van der Waals surface area contributed by atoms with Crippen molar-refractivity contribution in [3.05, 3.63) is 59.7 Å². The molecule has 2 aromatic carbocycles. The van der Waals surface area contributed by atoms with Crippen LogP contribution in [0.2, 0.25) is 0 Å². The molecule has 0 bridgehead atoms. The second-order valence-electron chi connectivity index (χ2n) is 6.82. The number of hydrogen-bond acceptors (Lipinski definition) is 6. The molecule has 2 rings (SSSR count). The van der Waals surface area contributed by atoms with Crippen LogP contribution in [0.3, 0.4) is 0 Å². The Morgan fingerprint density at radius 3 is 2.07 bits per heavy atom. The summed E-state index contributed by atoms with van der Waals surface area (Å²) in [7, 11) is -3.53. The lowest BCUT2D eigenvalue weighted by Gasteiger charge is -2.24. The summed E-state index contributed by atoms with van der Waals surface area (Å²) in [5, 5.41) is 9.39. The van der Waals surface area contributed by atoms with Crippen molar-refractivity contribution in [2.45, 2.75) is 32.3 Å². The van der Waals surface area contributed by atoms with Gasteiger partial charge in [0.2, 0.25) is 0 Å². The summed E-state index contributed by atoms with van der Waals surface area (Å²) in [6.07, 6.45) is 1.90. The lowest BCUT2D eigenvalue weighted by Crippen LogP contribution is -2.40. The molecule has 0 radical (unpaired) electrons. The molecule has 0 saturated heterocycles. The molecular weight excluding hydrogens is 396 g/mol. The van der Waals surface area contributed by atoms with E-state index in [-0.39, 0.29) is 12.2 Å². The number of ether oxygens (including phenoxy) is 2. The summed E-state index contributed by atoms with van der Waals surface area (Å²) in [4.78, 5) is 11.5. The van der Waals surface area contributed by atoms with Crippen LogP contribution in [-0.2, 0) is 32.5 Å². The summed E-state index contributed by atoms with van der Waals surface area (Å²) in [6, 6.07) is 14.0. The Kier molecular flexibility index (Phi) is 7.64. The molecule has 0 fully saturated rings. The Bertz CT molecular complexity index is 905. The van der Waals surface area contributed by atoms with Gasteiger partial charge in [-0.15, -0.1) is 0 Å². The largest absolute Gasteiger partial charge is 0.493 e. The van der Waals surface area contributed by atoms with Gasteiger partial charge in [-0.2, -0.15) is 8.42 Å². The van der Waals surface area contributed by atoms with Gasteiger partial charge in [-0.3, -0.25) is 0 Å². The highest BCUT2D eigenvalue weighted by Crippen LogP contribution is 2.21. The van der Waals surface area contributed by atoms with Gasteiger partial charge in [-0.1, -0.05) is 24.3 Å². The zero-order valence-electron chi connectivity index (χ0n) is 16.8. The molecule has 1 unspecified atom stereocenters. The molecule has 0 aromatic heterocycles. The van der Waals surface area contributed by atoms with E-state index in [1.165, 1.54) is 0 Å². The van der Waals surface area contributed by atoms with E-state index in [4.69, 9.17) is 13.7 Å². The van der Waals surface area contributed by atoms with Crippen LogP contribution in [0.1, 0.15) is 25.0 Å². The smallest absolute Gasteiger partial charge is 0.336 e. The predicted octanol–water partition coefficient (Wildman–Crippen LogP) is 3.07. The van der Waals surface area contributed by atoms with Crippen molar-refractivity contribution in [3.8, 4) is 11.5 Å². The van der Waals surface area contributed by atoms with Crippen molar-refractivity contribution in [1.29, 1.82) is 0 Å². The summed E-state index contributed by atoms with van der Waals surface area (Å²) in [6.45, 7) is 4.10. The van der Waals surface area contributed by atoms with Gasteiger partial charge in [0.1, 0.15) is 11.5 Å². The molecular formula is C21H26O7S. The van der Waals surface area contributed by atoms with Crippen molar-refractivity contribution < 1.29 is 32.0 Å². The first kappa shape index (κ1) is 22.7. The van der Waals surface area contributed by atoms with E-state index in [9.17, 15) is 18.3 Å². The van der Waals surface area contributed by atoms with E-state index in [1.54, 1.807) is 50.2 Å². The fraction of sp³-hybridized carbons (Fsp3) is 0.381. The molecule has 0 aliphatic heterocycles.